The minimum atomic E-state index is -0.350. The summed E-state index contributed by atoms with van der Waals surface area (Å²) in [6.45, 7) is 2.82. The van der Waals surface area contributed by atoms with Gasteiger partial charge in [-0.05, 0) is 17.5 Å². The van der Waals surface area contributed by atoms with E-state index >= 15 is 0 Å². The quantitative estimate of drug-likeness (QED) is 0.577. The molecular weight excluding hydrogens is 248 g/mol. The molecule has 0 spiro atoms. The summed E-state index contributed by atoms with van der Waals surface area (Å²) in [5.74, 6) is 0. The Balaban J connectivity index is 2.27. The number of ether oxygens (including phenoxy) is 1. The first kappa shape index (κ1) is 17.2. The van der Waals surface area contributed by atoms with E-state index in [9.17, 15) is 5.11 Å². The zero-order chi connectivity index (χ0) is 14.6. The van der Waals surface area contributed by atoms with Crippen LogP contribution in [0.15, 0.2) is 24.3 Å². The summed E-state index contributed by atoms with van der Waals surface area (Å²) in [6.07, 6.45) is 9.49. The summed E-state index contributed by atoms with van der Waals surface area (Å²) in [5, 5.41) is 10.3. The van der Waals surface area contributed by atoms with Crippen LogP contribution in [0.3, 0.4) is 0 Å². The lowest BCUT2D eigenvalue weighted by atomic mass is 9.98. The van der Waals surface area contributed by atoms with Crippen LogP contribution in [-0.4, -0.2) is 12.2 Å². The van der Waals surface area contributed by atoms with Crippen LogP contribution in [0, 0.1) is 0 Å². The molecule has 1 aromatic carbocycles. The van der Waals surface area contributed by atoms with E-state index in [-0.39, 0.29) is 6.10 Å². The van der Waals surface area contributed by atoms with Crippen molar-refractivity contribution < 1.29 is 9.84 Å². The molecule has 2 heteroatoms. The number of rotatable bonds is 11. The largest absolute Gasteiger partial charge is 0.388 e. The number of hydrogen-bond donors (Lipinski definition) is 1. The van der Waals surface area contributed by atoms with E-state index in [1.807, 2.05) is 24.3 Å². The lowest BCUT2D eigenvalue weighted by Crippen LogP contribution is -2.03. The van der Waals surface area contributed by atoms with Gasteiger partial charge in [0.2, 0.25) is 0 Å². The molecule has 0 aromatic heterocycles. The third-order valence-corrected chi connectivity index (χ3v) is 3.80. The highest BCUT2D eigenvalue weighted by molar-refractivity contribution is 5.28. The van der Waals surface area contributed by atoms with E-state index in [4.69, 9.17) is 4.74 Å². The van der Waals surface area contributed by atoms with Crippen molar-refractivity contribution in [2.75, 3.05) is 7.11 Å². The molecule has 0 amide bonds. The van der Waals surface area contributed by atoms with Crippen LogP contribution >= 0.6 is 0 Å². The smallest absolute Gasteiger partial charge is 0.0793 e. The van der Waals surface area contributed by atoms with Crippen molar-refractivity contribution in [2.24, 2.45) is 0 Å². The molecule has 2 nitrogen and oxygen atoms in total. The van der Waals surface area contributed by atoms with Crippen LogP contribution in [0.4, 0.5) is 0 Å². The number of hydrogen-bond acceptors (Lipinski definition) is 2. The van der Waals surface area contributed by atoms with Crippen molar-refractivity contribution in [3.05, 3.63) is 35.4 Å². The molecule has 0 aliphatic heterocycles. The van der Waals surface area contributed by atoms with Crippen LogP contribution < -0.4 is 0 Å². The highest BCUT2D eigenvalue weighted by Gasteiger charge is 2.11. The number of aliphatic hydroxyl groups is 1. The topological polar surface area (TPSA) is 29.5 Å². The Morgan fingerprint density at radius 1 is 1.00 bits per heavy atom. The molecule has 1 N–H and O–H groups in total. The van der Waals surface area contributed by atoms with Gasteiger partial charge >= 0.3 is 0 Å². The summed E-state index contributed by atoms with van der Waals surface area (Å²) >= 11 is 0. The highest BCUT2D eigenvalue weighted by atomic mass is 16.5. The minimum absolute atomic E-state index is 0.350. The zero-order valence-corrected chi connectivity index (χ0v) is 13.1. The van der Waals surface area contributed by atoms with E-state index in [0.29, 0.717) is 6.61 Å². The molecule has 0 saturated heterocycles. The number of methoxy groups -OCH3 is 1. The van der Waals surface area contributed by atoms with Gasteiger partial charge in [-0.15, -0.1) is 0 Å². The van der Waals surface area contributed by atoms with E-state index in [2.05, 4.69) is 6.92 Å². The van der Waals surface area contributed by atoms with Crippen molar-refractivity contribution in [3.63, 3.8) is 0 Å². The Morgan fingerprint density at radius 3 is 2.35 bits per heavy atom. The average Bonchev–Trinajstić information content (AvgIpc) is 2.47. The Morgan fingerprint density at radius 2 is 1.65 bits per heavy atom. The first-order valence-corrected chi connectivity index (χ1v) is 8.04. The fraction of sp³-hybridized carbons (Fsp3) is 0.667. The maximum atomic E-state index is 10.3. The Bertz CT molecular complexity index is 349. The summed E-state index contributed by atoms with van der Waals surface area (Å²) in [6, 6.07) is 8.04. The van der Waals surface area contributed by atoms with Crippen molar-refractivity contribution >= 4 is 0 Å². The van der Waals surface area contributed by atoms with Gasteiger partial charge in [0.1, 0.15) is 0 Å². The van der Waals surface area contributed by atoms with Crippen LogP contribution in [0.25, 0.3) is 0 Å². The third-order valence-electron chi connectivity index (χ3n) is 3.80. The van der Waals surface area contributed by atoms with E-state index in [0.717, 1.165) is 24.0 Å². The molecule has 0 aliphatic carbocycles. The van der Waals surface area contributed by atoms with Crippen molar-refractivity contribution in [1.82, 2.24) is 0 Å². The lowest BCUT2D eigenvalue weighted by molar-refractivity contribution is 0.151. The van der Waals surface area contributed by atoms with Gasteiger partial charge in [0, 0.05) is 7.11 Å². The first-order chi connectivity index (χ1) is 9.79. The maximum absolute atomic E-state index is 10.3. The molecule has 0 radical (unpaired) electrons. The normalized spacial score (nSPS) is 12.6. The SMILES string of the molecule is CCCCCCCCCC(O)c1ccccc1COC. The fourth-order valence-corrected chi connectivity index (χ4v) is 2.60. The molecule has 1 unspecified atom stereocenters. The number of benzene rings is 1. The van der Waals surface area contributed by atoms with Gasteiger partial charge in [0.25, 0.3) is 0 Å². The summed E-state index contributed by atoms with van der Waals surface area (Å²) in [4.78, 5) is 0. The van der Waals surface area contributed by atoms with Crippen LogP contribution in [-0.2, 0) is 11.3 Å². The van der Waals surface area contributed by atoms with Crippen molar-refractivity contribution in [2.45, 2.75) is 71.0 Å². The van der Waals surface area contributed by atoms with Crippen molar-refractivity contribution in [1.29, 1.82) is 0 Å². The van der Waals surface area contributed by atoms with Crippen LogP contribution in [0.5, 0.6) is 0 Å². The van der Waals surface area contributed by atoms with E-state index in [1.54, 1.807) is 7.11 Å². The lowest BCUT2D eigenvalue weighted by Gasteiger charge is -2.15. The predicted molar refractivity (Wildman–Crippen MR) is 84.7 cm³/mol. The second kappa shape index (κ2) is 10.9. The summed E-state index contributed by atoms with van der Waals surface area (Å²) < 4.78 is 5.19. The zero-order valence-electron chi connectivity index (χ0n) is 13.1. The molecular formula is C18H30O2. The molecule has 114 valence electrons. The third kappa shape index (κ3) is 6.53. The van der Waals surface area contributed by atoms with Gasteiger partial charge in [-0.1, -0.05) is 76.1 Å². The van der Waals surface area contributed by atoms with Crippen molar-refractivity contribution in [3.8, 4) is 0 Å². The van der Waals surface area contributed by atoms with Gasteiger partial charge in [-0.2, -0.15) is 0 Å². The van der Waals surface area contributed by atoms with Gasteiger partial charge < -0.3 is 9.84 Å². The predicted octanol–water partition coefficient (Wildman–Crippen LogP) is 5.01. The molecule has 0 saturated carbocycles. The fourth-order valence-electron chi connectivity index (χ4n) is 2.60. The molecule has 0 fully saturated rings. The van der Waals surface area contributed by atoms with Gasteiger partial charge in [-0.3, -0.25) is 0 Å². The Labute approximate surface area is 124 Å². The monoisotopic (exact) mass is 278 g/mol. The standard InChI is InChI=1S/C18H30O2/c1-3-4-5-6-7-8-9-14-18(19)17-13-11-10-12-16(17)15-20-2/h10-13,18-19H,3-9,14-15H2,1-2H3. The molecule has 1 rings (SSSR count). The van der Waals surface area contributed by atoms with E-state index in [1.165, 1.54) is 38.5 Å². The molecule has 0 aliphatic rings. The van der Waals surface area contributed by atoms with Gasteiger partial charge in [0.05, 0.1) is 12.7 Å². The maximum Gasteiger partial charge on any atom is 0.0793 e. The van der Waals surface area contributed by atoms with Gasteiger partial charge in [0.15, 0.2) is 0 Å². The summed E-state index contributed by atoms with van der Waals surface area (Å²) in [7, 11) is 1.69. The number of aliphatic hydroxyl groups excluding tert-OH is 1. The average molecular weight is 278 g/mol. The van der Waals surface area contributed by atoms with Crippen LogP contribution in [0.2, 0.25) is 0 Å². The van der Waals surface area contributed by atoms with Gasteiger partial charge in [-0.25, -0.2) is 0 Å². The Kier molecular flexibility index (Phi) is 9.35. The summed E-state index contributed by atoms with van der Waals surface area (Å²) in [5.41, 5.74) is 2.13. The molecule has 1 atom stereocenters. The molecule has 20 heavy (non-hydrogen) atoms. The minimum Gasteiger partial charge on any atom is -0.388 e. The molecule has 0 heterocycles. The molecule has 1 aromatic rings. The van der Waals surface area contributed by atoms with Crippen LogP contribution in [0.1, 0.15) is 75.5 Å². The first-order valence-electron chi connectivity index (χ1n) is 8.04. The second-order valence-electron chi connectivity index (χ2n) is 5.56. The number of unbranched alkanes of at least 4 members (excludes halogenated alkanes) is 6. The second-order valence-corrected chi connectivity index (χ2v) is 5.56. The Hall–Kier alpha value is -0.860. The molecule has 0 bridgehead atoms. The highest BCUT2D eigenvalue weighted by Crippen LogP contribution is 2.24. The van der Waals surface area contributed by atoms with E-state index < -0.39 is 0 Å².